The number of hydrogen-bond acceptors (Lipinski definition) is 4. The van der Waals surface area contributed by atoms with Gasteiger partial charge in [0.2, 0.25) is 10.0 Å². The fraction of sp³-hybridized carbons (Fsp3) is 0.500. The summed E-state index contributed by atoms with van der Waals surface area (Å²) in [4.78, 5) is 4.39. The Balaban J connectivity index is 1.87. The summed E-state index contributed by atoms with van der Waals surface area (Å²) in [6.45, 7) is 2.08. The summed E-state index contributed by atoms with van der Waals surface area (Å²) < 4.78 is 40.9. The summed E-state index contributed by atoms with van der Waals surface area (Å²) in [6.07, 6.45) is 5.32. The van der Waals surface area contributed by atoms with Gasteiger partial charge in [-0.15, -0.1) is 11.3 Å². The van der Waals surface area contributed by atoms with Crippen molar-refractivity contribution in [2.45, 2.75) is 45.6 Å². The minimum atomic E-state index is -3.50. The molecule has 1 aromatic carbocycles. The standard InChI is InChI=1S/C18H23FN2O2S2/c1-14-20-17(12-24-14)11-21(18-9-7-16(19)8-10-18)25(22,23)13-15-5-3-2-4-6-15/h7-10,12,15H,2-6,11,13H2,1H3. The van der Waals surface area contributed by atoms with Gasteiger partial charge < -0.3 is 0 Å². The van der Waals surface area contributed by atoms with Gasteiger partial charge in [-0.25, -0.2) is 17.8 Å². The Morgan fingerprint density at radius 3 is 2.48 bits per heavy atom. The first kappa shape index (κ1) is 18.3. The minimum absolute atomic E-state index is 0.146. The molecule has 1 fully saturated rings. The highest BCUT2D eigenvalue weighted by Crippen LogP contribution is 2.29. The van der Waals surface area contributed by atoms with Crippen molar-refractivity contribution in [2.24, 2.45) is 5.92 Å². The van der Waals surface area contributed by atoms with Crippen LogP contribution >= 0.6 is 11.3 Å². The number of aromatic nitrogens is 1. The summed E-state index contributed by atoms with van der Waals surface area (Å²) in [6, 6.07) is 5.63. The molecule has 0 saturated heterocycles. The Kier molecular flexibility index (Phi) is 5.74. The lowest BCUT2D eigenvalue weighted by atomic mass is 9.91. The first-order valence-corrected chi connectivity index (χ1v) is 11.1. The van der Waals surface area contributed by atoms with E-state index in [1.54, 1.807) is 0 Å². The van der Waals surface area contributed by atoms with E-state index in [0.717, 1.165) is 36.4 Å². The number of thiazole rings is 1. The van der Waals surface area contributed by atoms with Gasteiger partial charge in [0.15, 0.2) is 0 Å². The second kappa shape index (κ2) is 7.83. The van der Waals surface area contributed by atoms with Crippen molar-refractivity contribution in [1.29, 1.82) is 0 Å². The molecule has 0 spiro atoms. The lowest BCUT2D eigenvalue weighted by Crippen LogP contribution is -2.35. The molecule has 0 radical (unpaired) electrons. The maximum Gasteiger partial charge on any atom is 0.235 e. The van der Waals surface area contributed by atoms with Crippen LogP contribution in [0.15, 0.2) is 29.6 Å². The number of nitrogens with zero attached hydrogens (tertiary/aromatic N) is 2. The number of rotatable bonds is 6. The van der Waals surface area contributed by atoms with E-state index in [4.69, 9.17) is 0 Å². The average Bonchev–Trinajstić information content (AvgIpc) is 2.99. The second-order valence-electron chi connectivity index (χ2n) is 6.62. The zero-order valence-corrected chi connectivity index (χ0v) is 16.0. The van der Waals surface area contributed by atoms with E-state index >= 15 is 0 Å². The highest BCUT2D eigenvalue weighted by molar-refractivity contribution is 7.92. The topological polar surface area (TPSA) is 50.3 Å². The van der Waals surface area contributed by atoms with Crippen LogP contribution in [0, 0.1) is 18.7 Å². The second-order valence-corrected chi connectivity index (χ2v) is 9.62. The summed E-state index contributed by atoms with van der Waals surface area (Å²) >= 11 is 1.50. The fourth-order valence-electron chi connectivity index (χ4n) is 3.33. The highest BCUT2D eigenvalue weighted by atomic mass is 32.2. The summed E-state index contributed by atoms with van der Waals surface area (Å²) in [5, 5.41) is 2.78. The van der Waals surface area contributed by atoms with Gasteiger partial charge >= 0.3 is 0 Å². The predicted molar refractivity (Wildman–Crippen MR) is 99.8 cm³/mol. The van der Waals surface area contributed by atoms with E-state index in [0.29, 0.717) is 5.69 Å². The van der Waals surface area contributed by atoms with E-state index in [1.807, 2.05) is 12.3 Å². The smallest absolute Gasteiger partial charge is 0.235 e. The zero-order valence-electron chi connectivity index (χ0n) is 14.3. The van der Waals surface area contributed by atoms with Crippen LogP contribution in [0.3, 0.4) is 0 Å². The van der Waals surface area contributed by atoms with Gasteiger partial charge in [-0.2, -0.15) is 0 Å². The first-order valence-electron chi connectivity index (χ1n) is 8.61. The molecule has 4 nitrogen and oxygen atoms in total. The zero-order chi connectivity index (χ0) is 17.9. The van der Waals surface area contributed by atoms with E-state index in [9.17, 15) is 12.8 Å². The lowest BCUT2D eigenvalue weighted by molar-refractivity contribution is 0.384. The van der Waals surface area contributed by atoms with E-state index in [2.05, 4.69) is 4.98 Å². The Hall–Kier alpha value is -1.47. The number of hydrogen-bond donors (Lipinski definition) is 0. The highest BCUT2D eigenvalue weighted by Gasteiger charge is 2.28. The third kappa shape index (κ3) is 4.79. The van der Waals surface area contributed by atoms with E-state index < -0.39 is 10.0 Å². The quantitative estimate of drug-likeness (QED) is 0.739. The Morgan fingerprint density at radius 1 is 1.20 bits per heavy atom. The molecule has 0 N–H and O–H groups in total. The SMILES string of the molecule is Cc1nc(CN(c2ccc(F)cc2)S(=O)(=O)CC2CCCCC2)cs1. The molecular formula is C18H23FN2O2S2. The molecule has 1 aliphatic carbocycles. The van der Waals surface area contributed by atoms with Crippen molar-refractivity contribution in [3.05, 3.63) is 46.2 Å². The van der Waals surface area contributed by atoms with Gasteiger partial charge in [-0.05, 0) is 49.9 Å². The van der Waals surface area contributed by atoms with Crippen LogP contribution in [-0.4, -0.2) is 19.2 Å². The van der Waals surface area contributed by atoms with Crippen LogP contribution < -0.4 is 4.31 Å². The Bertz CT molecular complexity index is 797. The van der Waals surface area contributed by atoms with Crippen LogP contribution in [0.5, 0.6) is 0 Å². The third-order valence-electron chi connectivity index (χ3n) is 4.59. The summed E-state index contributed by atoms with van der Waals surface area (Å²) in [5.74, 6) is -0.0234. The largest absolute Gasteiger partial charge is 0.264 e. The van der Waals surface area contributed by atoms with Crippen LogP contribution in [-0.2, 0) is 16.6 Å². The van der Waals surface area contributed by atoms with Gasteiger partial charge in [-0.3, -0.25) is 4.31 Å². The number of anilines is 1. The Labute approximate surface area is 152 Å². The molecule has 2 aromatic rings. The van der Waals surface area contributed by atoms with Crippen molar-refractivity contribution in [3.63, 3.8) is 0 Å². The number of sulfonamides is 1. The molecule has 0 aliphatic heterocycles. The average molecular weight is 383 g/mol. The molecular weight excluding hydrogens is 359 g/mol. The molecule has 3 rings (SSSR count). The lowest BCUT2D eigenvalue weighted by Gasteiger charge is -2.28. The Morgan fingerprint density at radius 2 is 1.88 bits per heavy atom. The number of halogens is 1. The molecule has 136 valence electrons. The van der Waals surface area contributed by atoms with Crippen molar-refractivity contribution >= 4 is 27.0 Å². The van der Waals surface area contributed by atoms with Crippen LogP contribution in [0.25, 0.3) is 0 Å². The van der Waals surface area contributed by atoms with Crippen molar-refractivity contribution < 1.29 is 12.8 Å². The molecule has 0 unspecified atom stereocenters. The minimum Gasteiger partial charge on any atom is -0.264 e. The fourth-order valence-corrected chi connectivity index (χ4v) is 5.81. The van der Waals surface area contributed by atoms with Crippen molar-refractivity contribution in [3.8, 4) is 0 Å². The molecule has 1 aliphatic rings. The van der Waals surface area contributed by atoms with E-state index in [-0.39, 0.29) is 24.0 Å². The van der Waals surface area contributed by atoms with Crippen LogP contribution in [0.1, 0.15) is 42.8 Å². The predicted octanol–water partition coefficient (Wildman–Crippen LogP) is 4.51. The molecule has 25 heavy (non-hydrogen) atoms. The van der Waals surface area contributed by atoms with Gasteiger partial charge in [-0.1, -0.05) is 19.3 Å². The molecule has 0 bridgehead atoms. The van der Waals surface area contributed by atoms with E-state index in [1.165, 1.54) is 46.3 Å². The molecule has 0 amide bonds. The number of aryl methyl sites for hydroxylation is 1. The summed E-state index contributed by atoms with van der Waals surface area (Å²) in [5.41, 5.74) is 1.21. The van der Waals surface area contributed by atoms with Gasteiger partial charge in [0, 0.05) is 5.38 Å². The van der Waals surface area contributed by atoms with Gasteiger partial charge in [0.1, 0.15) is 5.82 Å². The first-order chi connectivity index (χ1) is 11.9. The van der Waals surface area contributed by atoms with Crippen LogP contribution in [0.4, 0.5) is 10.1 Å². The normalized spacial score (nSPS) is 16.1. The molecule has 1 heterocycles. The van der Waals surface area contributed by atoms with Crippen molar-refractivity contribution in [1.82, 2.24) is 4.98 Å². The maximum atomic E-state index is 13.3. The maximum absolute atomic E-state index is 13.3. The molecule has 1 aromatic heterocycles. The molecule has 0 atom stereocenters. The number of benzene rings is 1. The van der Waals surface area contributed by atoms with Crippen LogP contribution in [0.2, 0.25) is 0 Å². The van der Waals surface area contributed by atoms with Crippen molar-refractivity contribution in [2.75, 3.05) is 10.1 Å². The monoisotopic (exact) mass is 382 g/mol. The summed E-state index contributed by atoms with van der Waals surface area (Å²) in [7, 11) is -3.50. The van der Waals surface area contributed by atoms with Gasteiger partial charge in [0.25, 0.3) is 0 Å². The van der Waals surface area contributed by atoms with Gasteiger partial charge in [0.05, 0.1) is 28.7 Å². The molecule has 7 heteroatoms. The third-order valence-corrected chi connectivity index (χ3v) is 7.32. The molecule has 1 saturated carbocycles.